The Hall–Kier alpha value is -4.43. The van der Waals surface area contributed by atoms with E-state index < -0.39 is 0 Å². The van der Waals surface area contributed by atoms with Crippen LogP contribution in [0.15, 0.2) is 84.8 Å². The molecule has 4 heterocycles. The van der Waals surface area contributed by atoms with Crippen molar-refractivity contribution in [1.29, 1.82) is 0 Å². The summed E-state index contributed by atoms with van der Waals surface area (Å²) in [6, 6.07) is 18.3. The van der Waals surface area contributed by atoms with E-state index in [1.54, 1.807) is 25.6 Å². The van der Waals surface area contributed by atoms with Gasteiger partial charge in [-0.05, 0) is 35.4 Å². The van der Waals surface area contributed by atoms with Crippen LogP contribution in [-0.2, 0) is 0 Å². The summed E-state index contributed by atoms with van der Waals surface area (Å²) in [6.07, 6.45) is 7.62. The van der Waals surface area contributed by atoms with Crippen LogP contribution in [0.5, 0.6) is 11.5 Å². The normalized spacial score (nSPS) is 11.1. The minimum atomic E-state index is 0.685. The van der Waals surface area contributed by atoms with Crippen LogP contribution < -0.4 is 9.47 Å². The van der Waals surface area contributed by atoms with Crippen LogP contribution in [-0.4, -0.2) is 38.8 Å². The molecule has 35 heavy (non-hydrogen) atoms. The van der Waals surface area contributed by atoms with Crippen molar-refractivity contribution in [1.82, 2.24) is 24.6 Å². The molecule has 8 heteroatoms. The third kappa shape index (κ3) is 3.64. The molecule has 0 spiro atoms. The topological polar surface area (TPSA) is 77.3 Å². The lowest BCUT2D eigenvalue weighted by Crippen LogP contribution is -1.93. The first kappa shape index (κ1) is 21.1. The van der Waals surface area contributed by atoms with Crippen LogP contribution in [0.2, 0.25) is 0 Å². The molecule has 0 saturated heterocycles. The summed E-state index contributed by atoms with van der Waals surface area (Å²) in [5, 5.41) is 10.5. The Labute approximate surface area is 205 Å². The van der Waals surface area contributed by atoms with Gasteiger partial charge in [0.15, 0.2) is 11.5 Å². The quantitative estimate of drug-likeness (QED) is 0.308. The predicted molar refractivity (Wildman–Crippen MR) is 138 cm³/mol. The number of nitrogens with one attached hydrogen (secondary N) is 1. The van der Waals surface area contributed by atoms with E-state index in [9.17, 15) is 0 Å². The van der Waals surface area contributed by atoms with Crippen LogP contribution >= 0.6 is 11.3 Å². The highest BCUT2D eigenvalue weighted by Gasteiger charge is 2.17. The second-order valence-electron chi connectivity index (χ2n) is 7.90. The van der Waals surface area contributed by atoms with Crippen molar-refractivity contribution < 1.29 is 9.47 Å². The monoisotopic (exact) mass is 479 g/mol. The molecule has 0 fully saturated rings. The lowest BCUT2D eigenvalue weighted by Gasteiger charge is -2.13. The lowest BCUT2D eigenvalue weighted by atomic mass is 9.94. The number of aromatic amines is 1. The molecule has 6 rings (SSSR count). The van der Waals surface area contributed by atoms with E-state index in [0.717, 1.165) is 49.9 Å². The van der Waals surface area contributed by atoms with Gasteiger partial charge in [-0.25, -0.2) is 9.97 Å². The number of benzene rings is 2. The average Bonchev–Trinajstić information content (AvgIpc) is 3.68. The Morgan fingerprint density at radius 2 is 1.66 bits per heavy atom. The third-order valence-electron chi connectivity index (χ3n) is 6.00. The largest absolute Gasteiger partial charge is 0.493 e. The van der Waals surface area contributed by atoms with Crippen LogP contribution in [0, 0.1) is 0 Å². The third-order valence-corrected chi connectivity index (χ3v) is 6.79. The van der Waals surface area contributed by atoms with Crippen LogP contribution in [0.4, 0.5) is 0 Å². The van der Waals surface area contributed by atoms with Gasteiger partial charge in [0.1, 0.15) is 16.3 Å². The van der Waals surface area contributed by atoms with E-state index in [0.29, 0.717) is 11.5 Å². The highest BCUT2D eigenvalue weighted by molar-refractivity contribution is 7.13. The Bertz CT molecular complexity index is 1630. The number of ether oxygens (including phenoxy) is 2. The molecule has 0 aliphatic rings. The van der Waals surface area contributed by atoms with Crippen LogP contribution in [0.25, 0.3) is 49.9 Å². The van der Waals surface area contributed by atoms with E-state index in [1.165, 1.54) is 0 Å². The molecule has 172 valence electrons. The van der Waals surface area contributed by atoms with Crippen molar-refractivity contribution >= 4 is 17.0 Å². The first-order chi connectivity index (χ1) is 17.3. The molecule has 7 nitrogen and oxygen atoms in total. The fourth-order valence-electron chi connectivity index (χ4n) is 4.32. The summed E-state index contributed by atoms with van der Waals surface area (Å²) in [7, 11) is 3.28. The molecule has 0 bridgehead atoms. The van der Waals surface area contributed by atoms with E-state index in [1.807, 2.05) is 60.4 Å². The van der Waals surface area contributed by atoms with E-state index in [-0.39, 0.29) is 0 Å². The van der Waals surface area contributed by atoms with Gasteiger partial charge in [0.25, 0.3) is 0 Å². The summed E-state index contributed by atoms with van der Waals surface area (Å²) in [6.45, 7) is 0. The molecular weight excluding hydrogens is 458 g/mol. The number of fused-ring (bicyclic) bond motifs is 1. The zero-order valence-electron chi connectivity index (χ0n) is 19.1. The summed E-state index contributed by atoms with van der Waals surface area (Å²) in [4.78, 5) is 9.00. The molecule has 4 aromatic heterocycles. The molecule has 2 aromatic carbocycles. The van der Waals surface area contributed by atoms with Crippen molar-refractivity contribution in [2.45, 2.75) is 0 Å². The maximum Gasteiger partial charge on any atom is 0.161 e. The highest BCUT2D eigenvalue weighted by Crippen LogP contribution is 2.39. The van der Waals surface area contributed by atoms with Gasteiger partial charge in [0, 0.05) is 34.5 Å². The van der Waals surface area contributed by atoms with E-state index in [4.69, 9.17) is 9.47 Å². The van der Waals surface area contributed by atoms with Gasteiger partial charge in [-0.3, -0.25) is 9.50 Å². The average molecular weight is 480 g/mol. The predicted octanol–water partition coefficient (Wildman–Crippen LogP) is 6.20. The number of aromatic nitrogens is 5. The lowest BCUT2D eigenvalue weighted by molar-refractivity contribution is 0.355. The fraction of sp³-hybridized carbons (Fsp3) is 0.0741. The summed E-state index contributed by atoms with van der Waals surface area (Å²) in [5.74, 6) is 1.38. The van der Waals surface area contributed by atoms with Crippen molar-refractivity contribution in [2.75, 3.05) is 14.2 Å². The van der Waals surface area contributed by atoms with Gasteiger partial charge < -0.3 is 9.47 Å². The first-order valence-electron chi connectivity index (χ1n) is 11.0. The number of imidazole rings is 1. The van der Waals surface area contributed by atoms with Crippen molar-refractivity contribution in [3.63, 3.8) is 0 Å². The Kier molecular flexibility index (Phi) is 5.27. The molecule has 0 saturated carbocycles. The first-order valence-corrected chi connectivity index (χ1v) is 11.9. The zero-order chi connectivity index (χ0) is 23.8. The van der Waals surface area contributed by atoms with E-state index >= 15 is 0 Å². The number of hydrogen-bond acceptors (Lipinski definition) is 6. The molecular formula is C27H21N5O2S. The van der Waals surface area contributed by atoms with Crippen molar-refractivity contribution in [3.05, 3.63) is 84.8 Å². The number of H-pyrrole nitrogens is 1. The van der Waals surface area contributed by atoms with Gasteiger partial charge in [-0.2, -0.15) is 5.10 Å². The van der Waals surface area contributed by atoms with Crippen molar-refractivity contribution in [2.24, 2.45) is 0 Å². The second kappa shape index (κ2) is 8.73. The molecule has 0 radical (unpaired) electrons. The molecule has 0 amide bonds. The van der Waals surface area contributed by atoms with Gasteiger partial charge in [-0.1, -0.05) is 30.3 Å². The number of nitrogens with zero attached hydrogens (tertiary/aromatic N) is 4. The maximum absolute atomic E-state index is 5.54. The fourth-order valence-corrected chi connectivity index (χ4v) is 4.96. The SMILES string of the molecule is COc1ccc(-c2ccccc2-c2[nH]ncc2-c2ccc3ncc(-c4nccs4)n3c2)cc1OC. The van der Waals surface area contributed by atoms with Gasteiger partial charge in [0.2, 0.25) is 0 Å². The van der Waals surface area contributed by atoms with Gasteiger partial charge in [-0.15, -0.1) is 11.3 Å². The molecule has 6 aromatic rings. The standard InChI is InChI=1S/C27H21N5O2S/c1-33-23-9-7-17(13-24(23)34-2)19-5-3-4-6-20(19)26-21(14-30-31-26)18-8-10-25-29-15-22(32(25)16-18)27-28-11-12-35-27/h3-16H,1-2H3,(H,30,31). The maximum atomic E-state index is 5.54. The zero-order valence-corrected chi connectivity index (χ0v) is 19.9. The van der Waals surface area contributed by atoms with Gasteiger partial charge >= 0.3 is 0 Å². The number of hydrogen-bond donors (Lipinski definition) is 1. The highest BCUT2D eigenvalue weighted by atomic mass is 32.1. The molecule has 0 unspecified atom stereocenters. The molecule has 0 atom stereocenters. The number of rotatable bonds is 6. The number of pyridine rings is 1. The molecule has 1 N–H and O–H groups in total. The summed E-state index contributed by atoms with van der Waals surface area (Å²) in [5.41, 5.74) is 7.92. The smallest absolute Gasteiger partial charge is 0.161 e. The second-order valence-corrected chi connectivity index (χ2v) is 8.80. The van der Waals surface area contributed by atoms with Crippen molar-refractivity contribution in [3.8, 4) is 55.7 Å². The van der Waals surface area contributed by atoms with E-state index in [2.05, 4.69) is 49.0 Å². The molecule has 0 aliphatic heterocycles. The number of methoxy groups -OCH3 is 2. The Balaban J connectivity index is 1.48. The van der Waals surface area contributed by atoms with Crippen LogP contribution in [0.3, 0.4) is 0 Å². The summed E-state index contributed by atoms with van der Waals surface area (Å²) >= 11 is 1.59. The Morgan fingerprint density at radius 3 is 2.46 bits per heavy atom. The minimum Gasteiger partial charge on any atom is -0.493 e. The molecule has 0 aliphatic carbocycles. The van der Waals surface area contributed by atoms with Gasteiger partial charge in [0.05, 0.1) is 32.3 Å². The summed E-state index contributed by atoms with van der Waals surface area (Å²) < 4.78 is 13.0. The Morgan fingerprint density at radius 1 is 0.829 bits per heavy atom. The number of thiazole rings is 1. The van der Waals surface area contributed by atoms with Crippen LogP contribution in [0.1, 0.15) is 0 Å². The minimum absolute atomic E-state index is 0.685.